The van der Waals surface area contributed by atoms with E-state index in [-0.39, 0.29) is 0 Å². The van der Waals surface area contributed by atoms with E-state index < -0.39 is 0 Å². The Bertz CT molecular complexity index is 435. The van der Waals surface area contributed by atoms with Crippen LogP contribution in [0.1, 0.15) is 21.9 Å². The van der Waals surface area contributed by atoms with Gasteiger partial charge in [-0.25, -0.2) is 0 Å². The Balaban J connectivity index is 2.22. The smallest absolute Gasteiger partial charge is 0.153 e. The molecule has 0 aliphatic carbocycles. The Morgan fingerprint density at radius 2 is 2.00 bits per heavy atom. The summed E-state index contributed by atoms with van der Waals surface area (Å²) in [5.74, 6) is 1.26. The molecule has 0 bridgehead atoms. The van der Waals surface area contributed by atoms with Gasteiger partial charge >= 0.3 is 0 Å². The second-order valence-electron chi connectivity index (χ2n) is 2.71. The molecule has 0 radical (unpaired) electrons. The third kappa shape index (κ3) is 1.66. The van der Waals surface area contributed by atoms with E-state index in [4.69, 9.17) is 8.83 Å². The van der Waals surface area contributed by atoms with Gasteiger partial charge in [-0.15, -0.1) is 0 Å². The fourth-order valence-electron chi connectivity index (χ4n) is 1.11. The lowest BCUT2D eigenvalue weighted by Gasteiger charge is -1.86. The first-order chi connectivity index (χ1) is 6.90. The molecule has 14 heavy (non-hydrogen) atoms. The zero-order valence-corrected chi connectivity index (χ0v) is 7.34. The average Bonchev–Trinajstić information content (AvgIpc) is 2.85. The molecule has 3 nitrogen and oxygen atoms in total. The van der Waals surface area contributed by atoms with Crippen molar-refractivity contribution in [3.63, 3.8) is 0 Å². The van der Waals surface area contributed by atoms with Crippen molar-refractivity contribution in [1.29, 1.82) is 0 Å². The van der Waals surface area contributed by atoms with E-state index in [0.717, 1.165) is 12.0 Å². The summed E-state index contributed by atoms with van der Waals surface area (Å²) in [5, 5.41) is 0. The first-order valence-corrected chi connectivity index (χ1v) is 4.14. The normalized spacial score (nSPS) is 10.9. The fraction of sp³-hybridized carbons (Fsp3) is 0. The van der Waals surface area contributed by atoms with Crippen LogP contribution in [0.2, 0.25) is 0 Å². The molecule has 0 aliphatic rings. The zero-order chi connectivity index (χ0) is 9.80. The van der Waals surface area contributed by atoms with Crippen molar-refractivity contribution in [3.8, 4) is 0 Å². The van der Waals surface area contributed by atoms with Crippen LogP contribution in [-0.4, -0.2) is 6.29 Å². The summed E-state index contributed by atoms with van der Waals surface area (Å²) in [6, 6.07) is 5.23. The van der Waals surface area contributed by atoms with E-state index in [1.54, 1.807) is 30.5 Å². The number of carbonyl (C=O) groups excluding carboxylic acids is 1. The van der Waals surface area contributed by atoms with Gasteiger partial charge in [-0.2, -0.15) is 0 Å². The van der Waals surface area contributed by atoms with Crippen LogP contribution in [0.15, 0.2) is 39.6 Å². The minimum Gasteiger partial charge on any atom is -0.465 e. The van der Waals surface area contributed by atoms with Gasteiger partial charge in [0.15, 0.2) is 6.29 Å². The molecule has 0 aromatic carbocycles. The number of rotatable bonds is 3. The summed E-state index contributed by atoms with van der Waals surface area (Å²) in [5.41, 5.74) is 0.535. The highest BCUT2D eigenvalue weighted by atomic mass is 16.3. The standard InChI is InChI=1S/C11H8O3/c12-8-9-5-7-14-11(9)4-3-10-2-1-6-13-10/h1-8H/b4-3+. The van der Waals surface area contributed by atoms with Crippen LogP contribution in [0.4, 0.5) is 0 Å². The fourth-order valence-corrected chi connectivity index (χ4v) is 1.11. The molecule has 0 N–H and O–H groups in total. The SMILES string of the molecule is O=Cc1ccoc1/C=C/c1ccco1. The first kappa shape index (κ1) is 8.56. The molecule has 0 amide bonds. The summed E-state index contributed by atoms with van der Waals surface area (Å²) < 4.78 is 10.2. The molecule has 3 heteroatoms. The van der Waals surface area contributed by atoms with Gasteiger partial charge in [0.05, 0.1) is 18.1 Å². The number of aldehydes is 1. The highest BCUT2D eigenvalue weighted by Crippen LogP contribution is 2.12. The van der Waals surface area contributed by atoms with Gasteiger partial charge < -0.3 is 8.83 Å². The molecule has 2 aromatic rings. The monoisotopic (exact) mass is 188 g/mol. The van der Waals surface area contributed by atoms with Crippen LogP contribution in [0, 0.1) is 0 Å². The van der Waals surface area contributed by atoms with E-state index in [2.05, 4.69) is 0 Å². The largest absolute Gasteiger partial charge is 0.465 e. The summed E-state index contributed by atoms with van der Waals surface area (Å²) in [6.45, 7) is 0. The molecule has 70 valence electrons. The van der Waals surface area contributed by atoms with Crippen molar-refractivity contribution >= 4 is 18.4 Å². The molecule has 2 aromatic heterocycles. The molecule has 0 unspecified atom stereocenters. The number of hydrogen-bond acceptors (Lipinski definition) is 3. The third-order valence-corrected chi connectivity index (χ3v) is 1.80. The van der Waals surface area contributed by atoms with Crippen LogP contribution in [0.25, 0.3) is 12.2 Å². The molecule has 0 aliphatic heterocycles. The molecule has 2 rings (SSSR count). The van der Waals surface area contributed by atoms with Gasteiger partial charge in [0, 0.05) is 0 Å². The van der Waals surface area contributed by atoms with Crippen LogP contribution in [-0.2, 0) is 0 Å². The van der Waals surface area contributed by atoms with E-state index in [1.165, 1.54) is 6.26 Å². The third-order valence-electron chi connectivity index (χ3n) is 1.80. The van der Waals surface area contributed by atoms with E-state index in [1.807, 2.05) is 6.07 Å². The maximum Gasteiger partial charge on any atom is 0.153 e. The predicted octanol–water partition coefficient (Wildman–Crippen LogP) is 2.86. The second kappa shape index (κ2) is 3.79. The molecular formula is C11H8O3. The first-order valence-electron chi connectivity index (χ1n) is 4.14. The molecule has 0 atom stereocenters. The summed E-state index contributed by atoms with van der Waals surface area (Å²) >= 11 is 0. The quantitative estimate of drug-likeness (QED) is 0.695. The summed E-state index contributed by atoms with van der Waals surface area (Å²) in [6.07, 6.45) is 7.26. The van der Waals surface area contributed by atoms with E-state index in [9.17, 15) is 4.79 Å². The van der Waals surface area contributed by atoms with Gasteiger partial charge in [0.25, 0.3) is 0 Å². The molecule has 0 saturated heterocycles. The Morgan fingerprint density at radius 1 is 1.07 bits per heavy atom. The van der Waals surface area contributed by atoms with Gasteiger partial charge in [0.1, 0.15) is 11.5 Å². The summed E-state index contributed by atoms with van der Waals surface area (Å²) in [7, 11) is 0. The van der Waals surface area contributed by atoms with Gasteiger partial charge in [-0.1, -0.05) is 0 Å². The van der Waals surface area contributed by atoms with Gasteiger partial charge in [0.2, 0.25) is 0 Å². The maximum atomic E-state index is 10.5. The van der Waals surface area contributed by atoms with Crippen molar-refractivity contribution in [2.45, 2.75) is 0 Å². The zero-order valence-electron chi connectivity index (χ0n) is 7.34. The van der Waals surface area contributed by atoms with Gasteiger partial charge in [-0.3, -0.25) is 4.79 Å². The Kier molecular flexibility index (Phi) is 2.32. The highest BCUT2D eigenvalue weighted by molar-refractivity contribution is 5.82. The topological polar surface area (TPSA) is 43.4 Å². The number of furan rings is 2. The van der Waals surface area contributed by atoms with Crippen molar-refractivity contribution in [1.82, 2.24) is 0 Å². The molecular weight excluding hydrogens is 180 g/mol. The Morgan fingerprint density at radius 3 is 2.71 bits per heavy atom. The lowest BCUT2D eigenvalue weighted by atomic mass is 10.2. The Labute approximate surface area is 80.6 Å². The van der Waals surface area contributed by atoms with Crippen LogP contribution < -0.4 is 0 Å². The van der Waals surface area contributed by atoms with Crippen molar-refractivity contribution in [3.05, 3.63) is 47.8 Å². The van der Waals surface area contributed by atoms with Crippen LogP contribution in [0.5, 0.6) is 0 Å². The van der Waals surface area contributed by atoms with E-state index in [0.29, 0.717) is 11.3 Å². The summed E-state index contributed by atoms with van der Waals surface area (Å²) in [4.78, 5) is 10.5. The van der Waals surface area contributed by atoms with Crippen LogP contribution in [0.3, 0.4) is 0 Å². The highest BCUT2D eigenvalue weighted by Gasteiger charge is 2.00. The predicted molar refractivity (Wildman–Crippen MR) is 51.7 cm³/mol. The second-order valence-corrected chi connectivity index (χ2v) is 2.71. The lowest BCUT2D eigenvalue weighted by molar-refractivity contribution is 0.112. The van der Waals surface area contributed by atoms with Crippen molar-refractivity contribution in [2.75, 3.05) is 0 Å². The van der Waals surface area contributed by atoms with Crippen molar-refractivity contribution < 1.29 is 13.6 Å². The van der Waals surface area contributed by atoms with Gasteiger partial charge in [-0.05, 0) is 30.4 Å². The lowest BCUT2D eigenvalue weighted by Crippen LogP contribution is -1.76. The number of hydrogen-bond donors (Lipinski definition) is 0. The van der Waals surface area contributed by atoms with E-state index >= 15 is 0 Å². The maximum absolute atomic E-state index is 10.5. The molecule has 0 saturated carbocycles. The minimum absolute atomic E-state index is 0.535. The minimum atomic E-state index is 0.535. The number of carbonyl (C=O) groups is 1. The van der Waals surface area contributed by atoms with Crippen molar-refractivity contribution in [2.24, 2.45) is 0 Å². The molecule has 0 fully saturated rings. The molecule has 0 spiro atoms. The average molecular weight is 188 g/mol. The molecule has 2 heterocycles. The Hall–Kier alpha value is -2.03. The van der Waals surface area contributed by atoms with Crippen LogP contribution >= 0.6 is 0 Å².